The average molecular weight is 334 g/mol. The molecule has 0 aliphatic heterocycles. The van der Waals surface area contributed by atoms with Gasteiger partial charge in [0, 0.05) is 11.1 Å². The van der Waals surface area contributed by atoms with Crippen molar-refractivity contribution in [3.8, 4) is 0 Å². The highest BCUT2D eigenvalue weighted by Crippen LogP contribution is 2.40. The molecule has 0 aromatic rings. The monoisotopic (exact) mass is 334 g/mol. The lowest BCUT2D eigenvalue weighted by Crippen LogP contribution is -2.32. The van der Waals surface area contributed by atoms with Crippen LogP contribution in [0.5, 0.6) is 0 Å². The highest BCUT2D eigenvalue weighted by molar-refractivity contribution is 6.23. The fourth-order valence-electron chi connectivity index (χ4n) is 3.00. The molecule has 134 valence electrons. The molecular formula is C20H30O4. The molecule has 1 atom stereocenters. The lowest BCUT2D eigenvalue weighted by molar-refractivity contribution is -0.121. The van der Waals surface area contributed by atoms with Crippen LogP contribution in [0.25, 0.3) is 0 Å². The summed E-state index contributed by atoms with van der Waals surface area (Å²) in [7, 11) is 2.76. The average Bonchev–Trinajstić information content (AvgIpc) is 2.54. The van der Waals surface area contributed by atoms with Gasteiger partial charge in [-0.3, -0.25) is 9.59 Å². The zero-order valence-electron chi connectivity index (χ0n) is 16.2. The maximum Gasteiger partial charge on any atom is 0.228 e. The Hall–Kier alpha value is -1.84. The smallest absolute Gasteiger partial charge is 0.228 e. The van der Waals surface area contributed by atoms with Gasteiger partial charge in [-0.25, -0.2) is 0 Å². The van der Waals surface area contributed by atoms with Crippen molar-refractivity contribution in [3.63, 3.8) is 0 Å². The Kier molecular flexibility index (Phi) is 6.58. The van der Waals surface area contributed by atoms with Crippen LogP contribution in [0.4, 0.5) is 0 Å². The number of allylic oxidation sites excluding steroid dienone is 4. The molecule has 0 amide bonds. The van der Waals surface area contributed by atoms with E-state index in [1.807, 2.05) is 13.8 Å². The molecule has 0 N–H and O–H groups in total. The van der Waals surface area contributed by atoms with Crippen LogP contribution in [-0.2, 0) is 19.1 Å². The molecule has 0 saturated heterocycles. The van der Waals surface area contributed by atoms with Gasteiger partial charge in [-0.15, -0.1) is 0 Å². The molecule has 0 saturated carbocycles. The highest BCUT2D eigenvalue weighted by Gasteiger charge is 2.41. The van der Waals surface area contributed by atoms with Crippen LogP contribution in [0.15, 0.2) is 34.3 Å². The van der Waals surface area contributed by atoms with Crippen molar-refractivity contribution in [1.29, 1.82) is 0 Å². The minimum Gasteiger partial charge on any atom is -0.489 e. The third-order valence-electron chi connectivity index (χ3n) is 4.97. The number of hydrogen-bond donors (Lipinski definition) is 0. The maximum absolute atomic E-state index is 12.9. The van der Waals surface area contributed by atoms with Crippen molar-refractivity contribution in [2.75, 3.05) is 14.2 Å². The molecule has 0 radical (unpaired) electrons. The molecule has 1 aliphatic rings. The number of rotatable bonds is 7. The van der Waals surface area contributed by atoms with Gasteiger partial charge in [0.25, 0.3) is 0 Å². The lowest BCUT2D eigenvalue weighted by atomic mass is 9.73. The summed E-state index contributed by atoms with van der Waals surface area (Å²) >= 11 is 0. The van der Waals surface area contributed by atoms with E-state index in [0.717, 1.165) is 6.42 Å². The normalized spacial score (nSPS) is 18.2. The molecule has 1 aliphatic carbocycles. The van der Waals surface area contributed by atoms with E-state index < -0.39 is 5.41 Å². The molecule has 0 spiro atoms. The molecule has 0 heterocycles. The number of ether oxygens (including phenoxy) is 2. The second-order valence-electron chi connectivity index (χ2n) is 7.07. The van der Waals surface area contributed by atoms with E-state index in [-0.39, 0.29) is 23.1 Å². The van der Waals surface area contributed by atoms with Crippen molar-refractivity contribution in [1.82, 2.24) is 0 Å². The van der Waals surface area contributed by atoms with E-state index in [0.29, 0.717) is 23.5 Å². The molecule has 1 unspecified atom stereocenters. The van der Waals surface area contributed by atoms with Crippen molar-refractivity contribution in [2.24, 2.45) is 11.3 Å². The van der Waals surface area contributed by atoms with Crippen LogP contribution in [0.2, 0.25) is 0 Å². The minimum absolute atomic E-state index is 0.00111. The zero-order chi connectivity index (χ0) is 18.7. The minimum atomic E-state index is -0.464. The Morgan fingerprint density at radius 1 is 1.12 bits per heavy atom. The zero-order valence-corrected chi connectivity index (χ0v) is 16.2. The number of methoxy groups -OCH3 is 2. The Bertz CT molecular complexity index is 618. The van der Waals surface area contributed by atoms with E-state index in [4.69, 9.17) is 9.47 Å². The Morgan fingerprint density at radius 2 is 1.62 bits per heavy atom. The SMILES string of the molecule is CCC(C)/C(C)=C/CC(C)(C)C1=C(C)C(=O)C(OC)=C(OC)C1=O. The second-order valence-corrected chi connectivity index (χ2v) is 7.07. The molecule has 0 aromatic carbocycles. The molecule has 0 aromatic heterocycles. The third kappa shape index (κ3) is 3.80. The summed E-state index contributed by atoms with van der Waals surface area (Å²) in [4.78, 5) is 25.4. The Labute approximate surface area is 145 Å². The molecule has 0 bridgehead atoms. The lowest BCUT2D eigenvalue weighted by Gasteiger charge is -2.31. The van der Waals surface area contributed by atoms with Crippen molar-refractivity contribution >= 4 is 11.6 Å². The molecule has 4 heteroatoms. The highest BCUT2D eigenvalue weighted by atomic mass is 16.5. The number of hydrogen-bond acceptors (Lipinski definition) is 4. The predicted octanol–water partition coefficient (Wildman–Crippen LogP) is 4.37. The van der Waals surface area contributed by atoms with Gasteiger partial charge in [0.05, 0.1) is 14.2 Å². The van der Waals surface area contributed by atoms with Crippen molar-refractivity contribution in [3.05, 3.63) is 34.3 Å². The van der Waals surface area contributed by atoms with Crippen molar-refractivity contribution in [2.45, 2.75) is 54.4 Å². The Balaban J connectivity index is 3.26. The molecule has 24 heavy (non-hydrogen) atoms. The van der Waals surface area contributed by atoms with Gasteiger partial charge >= 0.3 is 0 Å². The van der Waals surface area contributed by atoms with Gasteiger partial charge in [0.15, 0.2) is 0 Å². The summed E-state index contributed by atoms with van der Waals surface area (Å²) < 4.78 is 10.3. The van der Waals surface area contributed by atoms with Crippen LogP contribution in [0.1, 0.15) is 54.4 Å². The van der Waals surface area contributed by atoms with Gasteiger partial charge in [0.2, 0.25) is 23.1 Å². The number of ketones is 2. The van der Waals surface area contributed by atoms with E-state index in [9.17, 15) is 9.59 Å². The summed E-state index contributed by atoms with van der Waals surface area (Å²) in [5.41, 5.74) is 1.79. The van der Waals surface area contributed by atoms with Gasteiger partial charge in [-0.05, 0) is 38.0 Å². The summed E-state index contributed by atoms with van der Waals surface area (Å²) in [6.07, 6.45) is 3.94. The van der Waals surface area contributed by atoms with Gasteiger partial charge in [0.1, 0.15) is 0 Å². The molecule has 1 rings (SSSR count). The predicted molar refractivity (Wildman–Crippen MR) is 95.4 cm³/mol. The number of carbonyl (C=O) groups is 2. The number of Topliss-reactive ketones (excluding diaryl/α,β-unsaturated/α-hetero) is 2. The quantitative estimate of drug-likeness (QED) is 0.512. The van der Waals surface area contributed by atoms with Gasteiger partial charge < -0.3 is 9.47 Å². The van der Waals surface area contributed by atoms with Crippen LogP contribution < -0.4 is 0 Å². The third-order valence-corrected chi connectivity index (χ3v) is 4.97. The fraction of sp³-hybridized carbons (Fsp3) is 0.600. The first kappa shape index (κ1) is 20.2. The number of carbonyl (C=O) groups excluding carboxylic acids is 2. The van der Waals surface area contributed by atoms with E-state index in [1.165, 1.54) is 19.8 Å². The van der Waals surface area contributed by atoms with Gasteiger partial charge in [-0.2, -0.15) is 0 Å². The molecular weight excluding hydrogens is 304 g/mol. The standard InChI is InChI=1S/C20H30O4/c1-9-12(2)13(3)10-11-20(5,6)15-14(4)16(21)18(23-7)19(24-8)17(15)22/h10,12H,9,11H2,1-8H3/b13-10+. The van der Waals surface area contributed by atoms with E-state index >= 15 is 0 Å². The molecule has 4 nitrogen and oxygen atoms in total. The summed E-state index contributed by atoms with van der Waals surface area (Å²) in [5, 5.41) is 0. The topological polar surface area (TPSA) is 52.6 Å². The summed E-state index contributed by atoms with van der Waals surface area (Å²) in [6, 6.07) is 0. The van der Waals surface area contributed by atoms with Crippen LogP contribution in [-0.4, -0.2) is 25.8 Å². The van der Waals surface area contributed by atoms with Crippen LogP contribution >= 0.6 is 0 Å². The first-order valence-corrected chi connectivity index (χ1v) is 8.41. The van der Waals surface area contributed by atoms with Gasteiger partial charge in [-0.1, -0.05) is 39.3 Å². The van der Waals surface area contributed by atoms with Crippen LogP contribution in [0.3, 0.4) is 0 Å². The van der Waals surface area contributed by atoms with Crippen LogP contribution in [0, 0.1) is 11.3 Å². The molecule has 0 fully saturated rings. The largest absolute Gasteiger partial charge is 0.489 e. The first-order chi connectivity index (χ1) is 11.1. The maximum atomic E-state index is 12.9. The summed E-state index contributed by atoms with van der Waals surface area (Å²) in [5.74, 6) is -0.0375. The second kappa shape index (κ2) is 7.82. The van der Waals surface area contributed by atoms with Crippen molar-refractivity contribution < 1.29 is 19.1 Å². The Morgan fingerprint density at radius 3 is 2.08 bits per heavy atom. The first-order valence-electron chi connectivity index (χ1n) is 8.41. The van der Waals surface area contributed by atoms with E-state index in [1.54, 1.807) is 6.92 Å². The van der Waals surface area contributed by atoms with E-state index in [2.05, 4.69) is 26.8 Å². The fourth-order valence-corrected chi connectivity index (χ4v) is 3.00. The summed E-state index contributed by atoms with van der Waals surface area (Å²) in [6.45, 7) is 12.1.